The lowest BCUT2D eigenvalue weighted by Gasteiger charge is -1.88. The summed E-state index contributed by atoms with van der Waals surface area (Å²) in [5, 5.41) is 0. The topological polar surface area (TPSA) is 12.9 Å². The first kappa shape index (κ1) is 11.2. The fraction of sp³-hybridized carbons (Fsp3) is 0.182. The SMILES string of the molecule is C/C=C/CSc1nc2cc(Br)ccc2s1. The maximum absolute atomic E-state index is 4.56. The average molecular weight is 300 g/mol. The molecule has 1 aromatic heterocycles. The molecular weight excluding hydrogens is 290 g/mol. The predicted octanol–water partition coefficient (Wildman–Crippen LogP) is 4.73. The number of halogens is 1. The van der Waals surface area contributed by atoms with Crippen LogP contribution in [0.2, 0.25) is 0 Å². The van der Waals surface area contributed by atoms with Gasteiger partial charge in [-0.05, 0) is 25.1 Å². The van der Waals surface area contributed by atoms with Gasteiger partial charge in [0.15, 0.2) is 4.34 Å². The van der Waals surface area contributed by atoms with Gasteiger partial charge in [0.1, 0.15) is 0 Å². The predicted molar refractivity (Wildman–Crippen MR) is 72.9 cm³/mol. The van der Waals surface area contributed by atoms with E-state index in [-0.39, 0.29) is 0 Å². The van der Waals surface area contributed by atoms with Gasteiger partial charge >= 0.3 is 0 Å². The Morgan fingerprint density at radius 1 is 1.53 bits per heavy atom. The Morgan fingerprint density at radius 2 is 2.40 bits per heavy atom. The Bertz CT molecular complexity index is 490. The molecule has 2 aromatic rings. The highest BCUT2D eigenvalue weighted by Crippen LogP contribution is 2.30. The summed E-state index contributed by atoms with van der Waals surface area (Å²) in [5.74, 6) is 0.998. The van der Waals surface area contributed by atoms with E-state index < -0.39 is 0 Å². The van der Waals surface area contributed by atoms with Crippen LogP contribution in [0.4, 0.5) is 0 Å². The molecule has 1 nitrogen and oxygen atoms in total. The highest BCUT2D eigenvalue weighted by molar-refractivity contribution is 9.10. The standard InChI is InChI=1S/C11H10BrNS2/c1-2-3-6-14-11-13-9-7-8(12)4-5-10(9)15-11/h2-5,7H,6H2,1H3/b3-2+. The van der Waals surface area contributed by atoms with E-state index in [2.05, 4.69) is 51.3 Å². The van der Waals surface area contributed by atoms with Gasteiger partial charge in [-0.2, -0.15) is 0 Å². The highest BCUT2D eigenvalue weighted by Gasteiger charge is 2.03. The molecule has 1 heterocycles. The molecule has 0 atom stereocenters. The largest absolute Gasteiger partial charge is 0.230 e. The van der Waals surface area contributed by atoms with Crippen LogP contribution in [0.3, 0.4) is 0 Å². The summed E-state index contributed by atoms with van der Waals surface area (Å²) >= 11 is 6.99. The third-order valence-electron chi connectivity index (χ3n) is 1.87. The molecule has 0 aliphatic heterocycles. The normalized spacial score (nSPS) is 11.6. The van der Waals surface area contributed by atoms with Crippen molar-refractivity contribution in [3.63, 3.8) is 0 Å². The van der Waals surface area contributed by atoms with Gasteiger partial charge in [0.05, 0.1) is 10.2 Å². The highest BCUT2D eigenvalue weighted by atomic mass is 79.9. The van der Waals surface area contributed by atoms with E-state index in [4.69, 9.17) is 0 Å². The molecule has 0 aliphatic rings. The van der Waals surface area contributed by atoms with E-state index >= 15 is 0 Å². The number of hydrogen-bond acceptors (Lipinski definition) is 3. The Labute approximate surface area is 106 Å². The Balaban J connectivity index is 2.23. The fourth-order valence-electron chi connectivity index (χ4n) is 1.16. The number of hydrogen-bond donors (Lipinski definition) is 0. The van der Waals surface area contributed by atoms with Gasteiger partial charge in [0, 0.05) is 10.2 Å². The first-order valence-corrected chi connectivity index (χ1v) is 7.19. The van der Waals surface area contributed by atoms with Crippen LogP contribution in [0.15, 0.2) is 39.2 Å². The van der Waals surface area contributed by atoms with E-state index in [9.17, 15) is 0 Å². The molecule has 4 heteroatoms. The van der Waals surface area contributed by atoms with Gasteiger partial charge in [-0.1, -0.05) is 39.8 Å². The summed E-state index contributed by atoms with van der Waals surface area (Å²) in [6.45, 7) is 2.04. The van der Waals surface area contributed by atoms with Crippen molar-refractivity contribution in [2.24, 2.45) is 0 Å². The van der Waals surface area contributed by atoms with Crippen LogP contribution in [0.5, 0.6) is 0 Å². The maximum Gasteiger partial charge on any atom is 0.151 e. The second kappa shape index (κ2) is 5.14. The smallest absolute Gasteiger partial charge is 0.151 e. The maximum atomic E-state index is 4.56. The molecule has 0 fully saturated rings. The molecule has 1 aromatic carbocycles. The van der Waals surface area contributed by atoms with Crippen molar-refractivity contribution in [1.29, 1.82) is 0 Å². The number of rotatable bonds is 3. The van der Waals surface area contributed by atoms with E-state index in [0.29, 0.717) is 0 Å². The Hall–Kier alpha value is -0.320. The summed E-state index contributed by atoms with van der Waals surface area (Å²) in [4.78, 5) is 4.56. The Kier molecular flexibility index (Phi) is 3.83. The zero-order valence-corrected chi connectivity index (χ0v) is 11.5. The van der Waals surface area contributed by atoms with Crippen LogP contribution in [0.25, 0.3) is 10.2 Å². The van der Waals surface area contributed by atoms with Crippen LogP contribution in [-0.2, 0) is 0 Å². The summed E-state index contributed by atoms with van der Waals surface area (Å²) in [5.41, 5.74) is 1.08. The molecule has 0 saturated carbocycles. The molecule has 0 radical (unpaired) electrons. The lowest BCUT2D eigenvalue weighted by Crippen LogP contribution is -1.71. The van der Waals surface area contributed by atoms with E-state index in [1.807, 2.05) is 6.92 Å². The van der Waals surface area contributed by atoms with Crippen LogP contribution in [-0.4, -0.2) is 10.7 Å². The number of nitrogens with zero attached hydrogens (tertiary/aromatic N) is 1. The van der Waals surface area contributed by atoms with Crippen molar-refractivity contribution >= 4 is 49.2 Å². The third kappa shape index (κ3) is 2.83. The molecule has 0 aliphatic carbocycles. The Morgan fingerprint density at radius 3 is 3.20 bits per heavy atom. The van der Waals surface area contributed by atoms with E-state index in [1.165, 1.54) is 4.70 Å². The molecule has 2 rings (SSSR count). The van der Waals surface area contributed by atoms with Crippen molar-refractivity contribution in [2.75, 3.05) is 5.75 Å². The molecule has 78 valence electrons. The van der Waals surface area contributed by atoms with Crippen LogP contribution >= 0.6 is 39.0 Å². The fourth-order valence-corrected chi connectivity index (χ4v) is 3.49. The van der Waals surface area contributed by atoms with Gasteiger partial charge in [-0.3, -0.25) is 0 Å². The lowest BCUT2D eigenvalue weighted by molar-refractivity contribution is 1.30. The number of benzene rings is 1. The summed E-state index contributed by atoms with van der Waals surface area (Å²) in [7, 11) is 0. The van der Waals surface area contributed by atoms with Gasteiger partial charge in [-0.25, -0.2) is 4.98 Å². The number of fused-ring (bicyclic) bond motifs is 1. The molecule has 0 saturated heterocycles. The van der Waals surface area contributed by atoms with E-state index in [1.54, 1.807) is 23.1 Å². The average Bonchev–Trinajstić information content (AvgIpc) is 2.60. The minimum absolute atomic E-state index is 0.998. The first-order valence-electron chi connectivity index (χ1n) is 4.59. The number of aromatic nitrogens is 1. The molecule has 0 spiro atoms. The molecule has 0 bridgehead atoms. The molecule has 0 amide bonds. The minimum Gasteiger partial charge on any atom is -0.230 e. The molecule has 0 unspecified atom stereocenters. The molecule has 0 N–H and O–H groups in total. The third-order valence-corrected chi connectivity index (χ3v) is 4.49. The van der Waals surface area contributed by atoms with Crippen molar-refractivity contribution in [2.45, 2.75) is 11.3 Å². The van der Waals surface area contributed by atoms with Crippen molar-refractivity contribution in [1.82, 2.24) is 4.98 Å². The zero-order valence-electron chi connectivity index (χ0n) is 8.24. The van der Waals surface area contributed by atoms with Gasteiger partial charge in [0.2, 0.25) is 0 Å². The molecule has 15 heavy (non-hydrogen) atoms. The van der Waals surface area contributed by atoms with E-state index in [0.717, 1.165) is 20.1 Å². The summed E-state index contributed by atoms with van der Waals surface area (Å²) in [6.07, 6.45) is 4.21. The van der Waals surface area contributed by atoms with Crippen LogP contribution in [0, 0.1) is 0 Å². The van der Waals surface area contributed by atoms with Crippen molar-refractivity contribution in [3.8, 4) is 0 Å². The quantitative estimate of drug-likeness (QED) is 0.600. The number of allylic oxidation sites excluding steroid dienone is 1. The van der Waals surface area contributed by atoms with Crippen LogP contribution < -0.4 is 0 Å². The molecular formula is C11H10BrNS2. The zero-order chi connectivity index (χ0) is 10.7. The van der Waals surface area contributed by atoms with Gasteiger partial charge in [-0.15, -0.1) is 11.3 Å². The first-order chi connectivity index (χ1) is 7.29. The minimum atomic E-state index is 0.998. The van der Waals surface area contributed by atoms with Crippen molar-refractivity contribution in [3.05, 3.63) is 34.8 Å². The number of thioether (sulfide) groups is 1. The second-order valence-electron chi connectivity index (χ2n) is 2.97. The van der Waals surface area contributed by atoms with Gasteiger partial charge < -0.3 is 0 Å². The van der Waals surface area contributed by atoms with Crippen molar-refractivity contribution < 1.29 is 0 Å². The monoisotopic (exact) mass is 299 g/mol. The van der Waals surface area contributed by atoms with Crippen LogP contribution in [0.1, 0.15) is 6.92 Å². The van der Waals surface area contributed by atoms with Gasteiger partial charge in [0.25, 0.3) is 0 Å². The lowest BCUT2D eigenvalue weighted by atomic mass is 10.3. The summed E-state index contributed by atoms with van der Waals surface area (Å²) in [6, 6.07) is 6.23. The number of thiazole rings is 1. The second-order valence-corrected chi connectivity index (χ2v) is 6.19. The summed E-state index contributed by atoms with van der Waals surface area (Å²) < 4.78 is 3.48.